The molecular formula is C25H26F3N7O. The number of nitrogens with zero attached hydrogens (tertiary/aromatic N) is 7. The van der Waals surface area contributed by atoms with Gasteiger partial charge in [-0.15, -0.1) is 0 Å². The van der Waals surface area contributed by atoms with Crippen molar-refractivity contribution in [3.8, 4) is 11.3 Å². The molecule has 3 fully saturated rings. The fourth-order valence-corrected chi connectivity index (χ4v) is 4.84. The van der Waals surface area contributed by atoms with Gasteiger partial charge in [0.2, 0.25) is 0 Å². The van der Waals surface area contributed by atoms with Crippen molar-refractivity contribution in [2.24, 2.45) is 7.05 Å². The van der Waals surface area contributed by atoms with Gasteiger partial charge in [0.1, 0.15) is 11.5 Å². The van der Waals surface area contributed by atoms with E-state index in [-0.39, 0.29) is 5.69 Å². The number of piperazine rings is 1. The fraction of sp³-hybridized carbons (Fsp3) is 0.480. The minimum atomic E-state index is -4.59. The quantitative estimate of drug-likeness (QED) is 0.530. The van der Waals surface area contributed by atoms with Gasteiger partial charge in [0, 0.05) is 63.2 Å². The predicted octanol–water partition coefficient (Wildman–Crippen LogP) is 4.01. The van der Waals surface area contributed by atoms with Gasteiger partial charge < -0.3 is 9.80 Å². The predicted molar refractivity (Wildman–Crippen MR) is 126 cm³/mol. The number of alkyl halides is 3. The highest BCUT2D eigenvalue weighted by atomic mass is 19.4. The lowest BCUT2D eigenvalue weighted by atomic mass is 10.0. The van der Waals surface area contributed by atoms with Crippen molar-refractivity contribution in [3.63, 3.8) is 0 Å². The Morgan fingerprint density at radius 3 is 2.39 bits per heavy atom. The van der Waals surface area contributed by atoms with Gasteiger partial charge in [0.15, 0.2) is 5.69 Å². The highest BCUT2D eigenvalue weighted by molar-refractivity contribution is 5.93. The Kier molecular flexibility index (Phi) is 5.45. The second-order valence-electron chi connectivity index (χ2n) is 9.79. The van der Waals surface area contributed by atoms with E-state index in [4.69, 9.17) is 9.97 Å². The number of anilines is 1. The summed E-state index contributed by atoms with van der Waals surface area (Å²) < 4.78 is 40.0. The molecule has 2 saturated carbocycles. The molecule has 1 amide bonds. The first kappa shape index (κ1) is 22.9. The van der Waals surface area contributed by atoms with Crippen LogP contribution < -0.4 is 4.90 Å². The largest absolute Gasteiger partial charge is 0.435 e. The van der Waals surface area contributed by atoms with E-state index in [1.165, 1.54) is 25.5 Å². The Bertz CT molecular complexity index is 1310. The molecule has 2 aliphatic carbocycles. The minimum Gasteiger partial charge on any atom is -0.352 e. The molecule has 1 aliphatic heterocycles. The molecule has 3 aromatic heterocycles. The van der Waals surface area contributed by atoms with E-state index in [1.54, 1.807) is 11.1 Å². The third kappa shape index (κ3) is 4.31. The van der Waals surface area contributed by atoms with E-state index < -0.39 is 17.8 Å². The van der Waals surface area contributed by atoms with Gasteiger partial charge in [0.05, 0.1) is 17.6 Å². The standard InChI is InChI=1S/C25H26F3N7O/c1-33-19(12-20(32-33)25(26,27)28)24(36)35-10-8-34(9-11-35)21-14-30-22(16-4-5-16)23(31-21)17-6-7-29-13-18(17)15-2-3-15/h6-7,12-16H,2-5,8-11H2,1H3. The van der Waals surface area contributed by atoms with Gasteiger partial charge in [-0.05, 0) is 43.2 Å². The van der Waals surface area contributed by atoms with Gasteiger partial charge in [-0.2, -0.15) is 18.3 Å². The molecule has 0 aromatic carbocycles. The van der Waals surface area contributed by atoms with E-state index in [9.17, 15) is 18.0 Å². The number of halogens is 3. The van der Waals surface area contributed by atoms with Crippen LogP contribution in [0.5, 0.6) is 0 Å². The first-order chi connectivity index (χ1) is 17.3. The maximum absolute atomic E-state index is 13.0. The van der Waals surface area contributed by atoms with Crippen LogP contribution in [0.2, 0.25) is 0 Å². The summed E-state index contributed by atoms with van der Waals surface area (Å²) >= 11 is 0. The molecule has 188 valence electrons. The monoisotopic (exact) mass is 497 g/mol. The molecule has 3 aliphatic rings. The molecule has 4 heterocycles. The lowest BCUT2D eigenvalue weighted by Gasteiger charge is -2.35. The highest BCUT2D eigenvalue weighted by Gasteiger charge is 2.37. The van der Waals surface area contributed by atoms with Crippen LogP contribution in [0.15, 0.2) is 30.7 Å². The lowest BCUT2D eigenvalue weighted by molar-refractivity contribution is -0.141. The third-order valence-electron chi connectivity index (χ3n) is 7.16. The number of aromatic nitrogens is 5. The molecular weight excluding hydrogens is 471 g/mol. The smallest absolute Gasteiger partial charge is 0.352 e. The van der Waals surface area contributed by atoms with Gasteiger partial charge >= 0.3 is 6.18 Å². The molecule has 36 heavy (non-hydrogen) atoms. The maximum Gasteiger partial charge on any atom is 0.435 e. The number of carbonyl (C=O) groups is 1. The average molecular weight is 498 g/mol. The highest BCUT2D eigenvalue weighted by Crippen LogP contribution is 2.47. The summed E-state index contributed by atoms with van der Waals surface area (Å²) in [5.41, 5.74) is 3.17. The zero-order valence-electron chi connectivity index (χ0n) is 19.9. The van der Waals surface area contributed by atoms with E-state index in [2.05, 4.69) is 15.0 Å². The molecule has 0 atom stereocenters. The Hall–Kier alpha value is -3.50. The number of carbonyl (C=O) groups excluding carboxylic acids is 1. The van der Waals surface area contributed by atoms with Crippen molar-refractivity contribution >= 4 is 11.7 Å². The van der Waals surface area contributed by atoms with Crippen molar-refractivity contribution in [1.29, 1.82) is 0 Å². The minimum absolute atomic E-state index is 0.0723. The average Bonchev–Trinajstić information content (AvgIpc) is 3.80. The van der Waals surface area contributed by atoms with Crippen molar-refractivity contribution in [1.82, 2.24) is 29.6 Å². The summed E-state index contributed by atoms with van der Waals surface area (Å²) in [7, 11) is 1.35. The van der Waals surface area contributed by atoms with Crippen LogP contribution in [-0.2, 0) is 13.2 Å². The van der Waals surface area contributed by atoms with Crippen molar-refractivity contribution in [3.05, 3.63) is 53.4 Å². The topological polar surface area (TPSA) is 80.0 Å². The van der Waals surface area contributed by atoms with E-state index >= 15 is 0 Å². The first-order valence-electron chi connectivity index (χ1n) is 12.3. The van der Waals surface area contributed by atoms with Crippen molar-refractivity contribution in [2.75, 3.05) is 31.1 Å². The van der Waals surface area contributed by atoms with Crippen LogP contribution in [0.25, 0.3) is 11.3 Å². The van der Waals surface area contributed by atoms with E-state index in [0.717, 1.165) is 46.4 Å². The summed E-state index contributed by atoms with van der Waals surface area (Å²) in [4.78, 5) is 30.8. The molecule has 1 saturated heterocycles. The molecule has 8 nitrogen and oxygen atoms in total. The van der Waals surface area contributed by atoms with Crippen LogP contribution in [0, 0.1) is 0 Å². The van der Waals surface area contributed by atoms with Crippen LogP contribution in [0.4, 0.5) is 19.0 Å². The molecule has 3 aromatic rings. The van der Waals surface area contributed by atoms with Crippen LogP contribution in [0.1, 0.15) is 65.0 Å². The summed E-state index contributed by atoms with van der Waals surface area (Å²) in [5, 5.41) is 3.46. The molecule has 0 spiro atoms. The molecule has 0 radical (unpaired) electrons. The number of aryl methyl sites for hydroxylation is 1. The molecule has 0 unspecified atom stereocenters. The maximum atomic E-state index is 13.0. The van der Waals surface area contributed by atoms with E-state index in [0.29, 0.717) is 38.0 Å². The molecule has 0 bridgehead atoms. The normalized spacial score (nSPS) is 18.6. The molecule has 11 heteroatoms. The lowest BCUT2D eigenvalue weighted by Crippen LogP contribution is -2.49. The summed E-state index contributed by atoms with van der Waals surface area (Å²) in [6.07, 6.45) is 5.55. The van der Waals surface area contributed by atoms with Crippen LogP contribution >= 0.6 is 0 Å². The number of pyridine rings is 1. The Morgan fingerprint density at radius 1 is 1.03 bits per heavy atom. The van der Waals surface area contributed by atoms with Crippen molar-refractivity contribution in [2.45, 2.75) is 43.7 Å². The second-order valence-corrected chi connectivity index (χ2v) is 9.79. The van der Waals surface area contributed by atoms with Crippen LogP contribution in [-0.4, -0.2) is 61.7 Å². The van der Waals surface area contributed by atoms with Gasteiger partial charge in [-0.3, -0.25) is 19.4 Å². The number of amides is 1. The number of hydrogen-bond donors (Lipinski definition) is 0. The third-order valence-corrected chi connectivity index (χ3v) is 7.16. The SMILES string of the molecule is Cn1nc(C(F)(F)F)cc1C(=O)N1CCN(c2cnc(C3CC3)c(-c3ccncc3C3CC3)n2)CC1. The van der Waals surface area contributed by atoms with Gasteiger partial charge in [-0.1, -0.05) is 0 Å². The van der Waals surface area contributed by atoms with Gasteiger partial charge in [0.25, 0.3) is 5.91 Å². The summed E-state index contributed by atoms with van der Waals surface area (Å²) in [6.45, 7) is 1.77. The molecule has 0 N–H and O–H groups in total. The molecule has 6 rings (SSSR count). The van der Waals surface area contributed by atoms with E-state index in [1.807, 2.05) is 18.5 Å². The Balaban J connectivity index is 1.21. The zero-order valence-corrected chi connectivity index (χ0v) is 19.9. The zero-order chi connectivity index (χ0) is 25.0. The Labute approximate surface area is 206 Å². The second kappa shape index (κ2) is 8.56. The first-order valence-corrected chi connectivity index (χ1v) is 12.3. The fourth-order valence-electron chi connectivity index (χ4n) is 4.84. The van der Waals surface area contributed by atoms with Gasteiger partial charge in [-0.25, -0.2) is 4.98 Å². The Morgan fingerprint density at radius 2 is 1.75 bits per heavy atom. The number of rotatable bonds is 5. The summed E-state index contributed by atoms with van der Waals surface area (Å²) in [5.74, 6) is 1.27. The number of hydrogen-bond acceptors (Lipinski definition) is 6. The summed E-state index contributed by atoms with van der Waals surface area (Å²) in [6, 6.07) is 2.85. The van der Waals surface area contributed by atoms with Crippen molar-refractivity contribution < 1.29 is 18.0 Å². The van der Waals surface area contributed by atoms with Crippen LogP contribution in [0.3, 0.4) is 0 Å².